The van der Waals surface area contributed by atoms with E-state index in [0.717, 1.165) is 0 Å². The molecule has 0 aliphatic heterocycles. The number of benzene rings is 11. The van der Waals surface area contributed by atoms with Gasteiger partial charge in [-0.3, -0.25) is 0 Å². The van der Waals surface area contributed by atoms with E-state index in [0.29, 0.717) is 0 Å². The van der Waals surface area contributed by atoms with Crippen molar-refractivity contribution in [1.29, 1.82) is 0 Å². The van der Waals surface area contributed by atoms with E-state index in [-0.39, 0.29) is 0 Å². The molecule has 0 bridgehead atoms. The number of fused-ring (bicyclic) bond motifs is 2. The second kappa shape index (κ2) is 28.7. The Balaban J connectivity index is 0.652. The quantitative estimate of drug-likeness (QED) is 0.0752. The molecule has 0 saturated heterocycles. The van der Waals surface area contributed by atoms with Crippen LogP contribution in [-0.4, -0.2) is 0 Å². The van der Waals surface area contributed by atoms with Gasteiger partial charge in [-0.1, -0.05) is 303 Å². The van der Waals surface area contributed by atoms with Gasteiger partial charge in [0.1, 0.15) is 0 Å². The van der Waals surface area contributed by atoms with Gasteiger partial charge in [-0.15, -0.1) is 0 Å². The number of allylic oxidation sites excluding steroid dienone is 4. The van der Waals surface area contributed by atoms with Crippen LogP contribution in [0.4, 0.5) is 0 Å². The van der Waals surface area contributed by atoms with Gasteiger partial charge in [0.25, 0.3) is 0 Å². The fourth-order valence-corrected chi connectivity index (χ4v) is 15.4. The number of hydrogen-bond donors (Lipinski definition) is 0. The van der Waals surface area contributed by atoms with Crippen LogP contribution in [-0.2, 0) is 0 Å². The highest BCUT2D eigenvalue weighted by Crippen LogP contribution is 2.40. The molecule has 0 nitrogen and oxygen atoms in total. The lowest BCUT2D eigenvalue weighted by molar-refractivity contribution is 0.602. The zero-order valence-electron chi connectivity index (χ0n) is 54.7. The van der Waals surface area contributed by atoms with Crippen molar-refractivity contribution in [3.8, 4) is 44.5 Å². The van der Waals surface area contributed by atoms with Crippen LogP contribution in [0.25, 0.3) is 114 Å². The second-order valence-electron chi connectivity index (χ2n) is 27.4. The van der Waals surface area contributed by atoms with Crippen LogP contribution >= 0.6 is 0 Å². The van der Waals surface area contributed by atoms with Crippen LogP contribution in [0, 0.1) is 0 Å². The highest BCUT2D eigenvalue weighted by Gasteiger charge is 2.16. The molecule has 4 fully saturated rings. The summed E-state index contributed by atoms with van der Waals surface area (Å²) in [6, 6.07) is 92.0. The molecule has 0 heterocycles. The van der Waals surface area contributed by atoms with Crippen molar-refractivity contribution in [1.82, 2.24) is 0 Å². The van der Waals surface area contributed by atoms with E-state index in [2.05, 4.69) is 279 Å². The molecule has 15 rings (SSSR count). The minimum absolute atomic E-state index is 1.19. The third kappa shape index (κ3) is 14.4. The first-order chi connectivity index (χ1) is 46.5. The van der Waals surface area contributed by atoms with Crippen LogP contribution in [0.15, 0.2) is 265 Å². The van der Waals surface area contributed by atoms with Crippen LogP contribution < -0.4 is 0 Å². The Bertz CT molecular complexity index is 4170. The van der Waals surface area contributed by atoms with Crippen molar-refractivity contribution in [2.45, 2.75) is 128 Å². The molecule has 0 heteroatoms. The van der Waals surface area contributed by atoms with E-state index in [1.807, 2.05) is 0 Å². The fraction of sp³-hybridized carbons (Fsp3) is 0.213. The van der Waals surface area contributed by atoms with Crippen molar-refractivity contribution in [2.24, 2.45) is 0 Å². The monoisotopic (exact) mass is 1210 g/mol. The van der Waals surface area contributed by atoms with Crippen molar-refractivity contribution in [3.05, 3.63) is 321 Å². The standard InChI is InChI=1S/C94H86/c1-5-15-67(16-6-1)59-71-31-43-83(44-32-71)91(84-45-33-72(34-46-84)60-68-17-7-2-8-18-68)63-75-27-39-77(40-28-75)79-51-55-81(56-52-79)89-25-13-23-87-66-94-88(65-93(87)89)24-14-26-90(94)82-57-53-80(54-58-82)78-41-29-76(30-42-78)64-92(85-47-35-73(36-48-85)61-69-19-9-3-10-20-69)86-49-37-74(38-50-86)62-70-21-11-4-12-22-70/h13-14,23-66H,1-12,15-22H2. The Kier molecular flexibility index (Phi) is 18.5. The lowest BCUT2D eigenvalue weighted by Crippen LogP contribution is -1.94. The van der Waals surface area contributed by atoms with Gasteiger partial charge in [-0.2, -0.15) is 0 Å². The summed E-state index contributed by atoms with van der Waals surface area (Å²) in [5.41, 5.74) is 31.2. The third-order valence-corrected chi connectivity index (χ3v) is 20.7. The SMILES string of the molecule is C(=C1CCCCC1)c1ccc(C(=Cc2ccc(-c3ccc(-c4cccc5cc6c(-c7ccc(-c8ccc(C=C(c9ccc(C=C%10CCCCC%10)cc9)c9ccc(C=C%10CCCCC%10)cc9)cc8)cc7)cccc6cc45)cc3)cc2)c2ccc(C=C3CCCCC3)cc2)cc1. The first kappa shape index (κ1) is 60.6. The molecule has 0 atom stereocenters. The lowest BCUT2D eigenvalue weighted by Gasteiger charge is -2.15. The van der Waals surface area contributed by atoms with Gasteiger partial charge in [0, 0.05) is 0 Å². The predicted molar refractivity (Wildman–Crippen MR) is 407 cm³/mol. The molecular weight excluding hydrogens is 1130 g/mol. The molecule has 0 radical (unpaired) electrons. The molecule has 0 aromatic heterocycles. The molecule has 11 aromatic rings. The van der Waals surface area contributed by atoms with E-state index in [1.54, 1.807) is 22.3 Å². The van der Waals surface area contributed by atoms with E-state index < -0.39 is 0 Å². The van der Waals surface area contributed by atoms with Crippen molar-refractivity contribution in [2.75, 3.05) is 0 Å². The lowest BCUT2D eigenvalue weighted by atomic mass is 9.90. The van der Waals surface area contributed by atoms with Gasteiger partial charge in [-0.25, -0.2) is 0 Å². The third-order valence-electron chi connectivity index (χ3n) is 20.7. The van der Waals surface area contributed by atoms with E-state index >= 15 is 0 Å². The van der Waals surface area contributed by atoms with Crippen LogP contribution in [0.5, 0.6) is 0 Å². The summed E-state index contributed by atoms with van der Waals surface area (Å²) in [5.74, 6) is 0. The highest BCUT2D eigenvalue weighted by molar-refractivity contribution is 6.09. The van der Waals surface area contributed by atoms with E-state index in [1.165, 1.54) is 261 Å². The zero-order chi connectivity index (χ0) is 62.8. The van der Waals surface area contributed by atoms with Crippen LogP contribution in [0.1, 0.15) is 184 Å². The average molecular weight is 1220 g/mol. The summed E-state index contributed by atoms with van der Waals surface area (Å²) < 4.78 is 0. The highest BCUT2D eigenvalue weighted by atomic mass is 14.2. The molecule has 4 aliphatic rings. The molecule has 4 saturated carbocycles. The summed E-state index contributed by atoms with van der Waals surface area (Å²) in [4.78, 5) is 0. The van der Waals surface area contributed by atoms with Gasteiger partial charge in [0.2, 0.25) is 0 Å². The molecule has 462 valence electrons. The zero-order valence-corrected chi connectivity index (χ0v) is 54.7. The Morgan fingerprint density at radius 3 is 0.713 bits per heavy atom. The molecule has 0 amide bonds. The van der Waals surface area contributed by atoms with Gasteiger partial charge in [0.15, 0.2) is 0 Å². The van der Waals surface area contributed by atoms with Crippen molar-refractivity contribution < 1.29 is 0 Å². The minimum Gasteiger partial charge on any atom is -0.0696 e. The number of hydrogen-bond acceptors (Lipinski definition) is 0. The maximum Gasteiger partial charge on any atom is -0.00990 e. The van der Waals surface area contributed by atoms with Crippen LogP contribution in [0.2, 0.25) is 0 Å². The molecule has 0 N–H and O–H groups in total. The normalized spacial score (nSPS) is 15.1. The summed E-state index contributed by atoms with van der Waals surface area (Å²) >= 11 is 0. The first-order valence-electron chi connectivity index (χ1n) is 35.5. The Morgan fingerprint density at radius 2 is 0.447 bits per heavy atom. The van der Waals surface area contributed by atoms with Crippen molar-refractivity contribution in [3.63, 3.8) is 0 Å². The summed E-state index contributed by atoms with van der Waals surface area (Å²) in [6.45, 7) is 0. The van der Waals surface area contributed by atoms with Crippen molar-refractivity contribution >= 4 is 69.1 Å². The smallest absolute Gasteiger partial charge is 0.00990 e. The van der Waals surface area contributed by atoms with Crippen LogP contribution in [0.3, 0.4) is 0 Å². The molecule has 0 spiro atoms. The molecule has 0 unspecified atom stereocenters. The Labute approximate surface area is 559 Å². The van der Waals surface area contributed by atoms with Gasteiger partial charge < -0.3 is 0 Å². The minimum atomic E-state index is 1.19. The maximum atomic E-state index is 2.43. The van der Waals surface area contributed by atoms with Gasteiger partial charge in [-0.05, 0) is 260 Å². The predicted octanol–water partition coefficient (Wildman–Crippen LogP) is 27.2. The molecular formula is C94H86. The largest absolute Gasteiger partial charge is 0.0696 e. The molecule has 11 aromatic carbocycles. The summed E-state index contributed by atoms with van der Waals surface area (Å²) in [6.07, 6.45) is 40.4. The molecule has 4 aliphatic carbocycles. The fourth-order valence-electron chi connectivity index (χ4n) is 15.4. The first-order valence-corrected chi connectivity index (χ1v) is 35.5. The maximum absolute atomic E-state index is 2.43. The number of rotatable bonds is 14. The van der Waals surface area contributed by atoms with Gasteiger partial charge >= 0.3 is 0 Å². The second-order valence-corrected chi connectivity index (χ2v) is 27.4. The topological polar surface area (TPSA) is 0 Å². The Hall–Kier alpha value is -9.62. The summed E-state index contributed by atoms with van der Waals surface area (Å²) in [5, 5.41) is 5.01. The average Bonchev–Trinajstić information content (AvgIpc) is 0.789. The van der Waals surface area contributed by atoms with Gasteiger partial charge in [0.05, 0.1) is 0 Å². The van der Waals surface area contributed by atoms with E-state index in [9.17, 15) is 0 Å². The molecule has 94 heavy (non-hydrogen) atoms. The summed E-state index contributed by atoms with van der Waals surface area (Å²) in [7, 11) is 0. The Morgan fingerprint density at radius 1 is 0.213 bits per heavy atom. The van der Waals surface area contributed by atoms with E-state index in [4.69, 9.17) is 0 Å².